The summed E-state index contributed by atoms with van der Waals surface area (Å²) in [6, 6.07) is 12.2. The van der Waals surface area contributed by atoms with Crippen molar-refractivity contribution in [2.24, 2.45) is 5.92 Å². The van der Waals surface area contributed by atoms with Crippen LogP contribution in [0.5, 0.6) is 5.75 Å². The second-order valence-electron chi connectivity index (χ2n) is 7.51. The van der Waals surface area contributed by atoms with E-state index < -0.39 is 0 Å². The number of benzene rings is 1. The number of aryl methyl sites for hydroxylation is 1. The fraction of sp³-hybridized carbons (Fsp3) is 0.455. The van der Waals surface area contributed by atoms with E-state index in [9.17, 15) is 4.79 Å². The van der Waals surface area contributed by atoms with Gasteiger partial charge in [-0.05, 0) is 43.0 Å². The minimum Gasteiger partial charge on any atom is -0.493 e. The van der Waals surface area contributed by atoms with Crippen LogP contribution < -0.4 is 4.74 Å². The number of carbonyl (C=O) groups is 1. The van der Waals surface area contributed by atoms with Gasteiger partial charge in [0.1, 0.15) is 5.75 Å². The Bertz CT molecular complexity index is 800. The van der Waals surface area contributed by atoms with Crippen LogP contribution in [-0.2, 0) is 17.8 Å². The molecule has 1 saturated heterocycles. The van der Waals surface area contributed by atoms with E-state index in [-0.39, 0.29) is 11.8 Å². The van der Waals surface area contributed by atoms with E-state index in [1.807, 2.05) is 35.4 Å². The molecular formula is C22H27N3O2. The Hall–Kier alpha value is -2.40. The number of pyridine rings is 1. The zero-order chi connectivity index (χ0) is 18.6. The molecule has 0 saturated carbocycles. The van der Waals surface area contributed by atoms with Gasteiger partial charge in [-0.2, -0.15) is 0 Å². The first-order valence-electron chi connectivity index (χ1n) is 9.83. The lowest BCUT2D eigenvalue weighted by atomic mass is 9.95. The van der Waals surface area contributed by atoms with Crippen molar-refractivity contribution < 1.29 is 9.53 Å². The van der Waals surface area contributed by atoms with Crippen LogP contribution in [-0.4, -0.2) is 53.5 Å². The smallest absolute Gasteiger partial charge is 0.226 e. The molecule has 0 unspecified atom stereocenters. The molecule has 1 aromatic heterocycles. The summed E-state index contributed by atoms with van der Waals surface area (Å²) in [5, 5.41) is 0. The summed E-state index contributed by atoms with van der Waals surface area (Å²) in [6.07, 6.45) is 3.43. The maximum atomic E-state index is 13.1. The molecule has 1 fully saturated rings. The van der Waals surface area contributed by atoms with Gasteiger partial charge in [0.2, 0.25) is 5.91 Å². The maximum absolute atomic E-state index is 13.1. The van der Waals surface area contributed by atoms with Gasteiger partial charge in [-0.1, -0.05) is 24.3 Å². The Labute approximate surface area is 161 Å². The first-order chi connectivity index (χ1) is 13.2. The van der Waals surface area contributed by atoms with Gasteiger partial charge in [0.05, 0.1) is 12.3 Å². The number of hydrogen-bond acceptors (Lipinski definition) is 4. The number of amides is 1. The summed E-state index contributed by atoms with van der Waals surface area (Å²) >= 11 is 0. The number of aromatic nitrogens is 1. The zero-order valence-corrected chi connectivity index (χ0v) is 15.9. The number of nitrogens with zero attached hydrogens (tertiary/aromatic N) is 3. The van der Waals surface area contributed by atoms with Crippen molar-refractivity contribution in [3.05, 3.63) is 59.4 Å². The second kappa shape index (κ2) is 8.09. The molecule has 4 rings (SSSR count). The highest BCUT2D eigenvalue weighted by molar-refractivity contribution is 5.79. The molecule has 27 heavy (non-hydrogen) atoms. The summed E-state index contributed by atoms with van der Waals surface area (Å²) in [5.74, 6) is 1.24. The van der Waals surface area contributed by atoms with Crippen LogP contribution in [0.4, 0.5) is 0 Å². The summed E-state index contributed by atoms with van der Waals surface area (Å²) in [4.78, 5) is 22.0. The first-order valence-corrected chi connectivity index (χ1v) is 9.83. The summed E-state index contributed by atoms with van der Waals surface area (Å²) < 4.78 is 5.82. The van der Waals surface area contributed by atoms with Crippen LogP contribution >= 0.6 is 0 Å². The Morgan fingerprint density at radius 3 is 2.78 bits per heavy atom. The lowest BCUT2D eigenvalue weighted by Crippen LogP contribution is -2.50. The molecule has 2 aliphatic rings. The van der Waals surface area contributed by atoms with Crippen LogP contribution in [0.25, 0.3) is 0 Å². The minimum absolute atomic E-state index is 0.0261. The number of ether oxygens (including phenoxy) is 1. The predicted octanol–water partition coefficient (Wildman–Crippen LogP) is 2.68. The molecule has 2 aromatic rings. The fourth-order valence-electron chi connectivity index (χ4n) is 3.98. The van der Waals surface area contributed by atoms with Gasteiger partial charge < -0.3 is 9.64 Å². The predicted molar refractivity (Wildman–Crippen MR) is 105 cm³/mol. The zero-order valence-electron chi connectivity index (χ0n) is 15.9. The molecule has 1 aromatic carbocycles. The summed E-state index contributed by atoms with van der Waals surface area (Å²) in [5.41, 5.74) is 3.51. The molecule has 1 amide bonds. The standard InChI is InChI=1S/C22H27N3O2/c1-17-5-4-9-23-20(17)16-24-10-12-25(13-11-24)22(26)19-8-14-27-21-7-3-2-6-18(21)15-19/h2-7,9,19H,8,10-16H2,1H3/t19-/m1/s1. The molecule has 5 heteroatoms. The Balaban J connectivity index is 1.34. The first kappa shape index (κ1) is 18.0. The third-order valence-electron chi connectivity index (χ3n) is 5.69. The lowest BCUT2D eigenvalue weighted by molar-refractivity contribution is -0.137. The molecular weight excluding hydrogens is 338 g/mol. The van der Waals surface area contributed by atoms with Crippen molar-refractivity contribution in [3.63, 3.8) is 0 Å². The van der Waals surface area contributed by atoms with Gasteiger partial charge in [0, 0.05) is 44.8 Å². The van der Waals surface area contributed by atoms with Crippen LogP contribution in [0, 0.1) is 12.8 Å². The van der Waals surface area contributed by atoms with E-state index in [2.05, 4.69) is 28.9 Å². The van der Waals surface area contributed by atoms with Crippen molar-refractivity contribution in [1.29, 1.82) is 0 Å². The van der Waals surface area contributed by atoms with Crippen molar-refractivity contribution >= 4 is 5.91 Å². The molecule has 1 atom stereocenters. The number of rotatable bonds is 3. The fourth-order valence-corrected chi connectivity index (χ4v) is 3.98. The van der Waals surface area contributed by atoms with E-state index >= 15 is 0 Å². The summed E-state index contributed by atoms with van der Waals surface area (Å²) in [7, 11) is 0. The molecule has 0 radical (unpaired) electrons. The van der Waals surface area contributed by atoms with E-state index in [1.54, 1.807) is 0 Å². The van der Waals surface area contributed by atoms with E-state index in [1.165, 1.54) is 5.56 Å². The van der Waals surface area contributed by atoms with Crippen molar-refractivity contribution in [3.8, 4) is 5.75 Å². The molecule has 0 aliphatic carbocycles. The number of hydrogen-bond donors (Lipinski definition) is 0. The van der Waals surface area contributed by atoms with Crippen LogP contribution in [0.15, 0.2) is 42.6 Å². The average Bonchev–Trinajstić information content (AvgIpc) is 2.92. The largest absolute Gasteiger partial charge is 0.493 e. The molecule has 142 valence electrons. The quantitative estimate of drug-likeness (QED) is 0.839. The third kappa shape index (κ3) is 4.14. The SMILES string of the molecule is Cc1cccnc1CN1CCN(C(=O)[C@@H]2CCOc3ccccc3C2)CC1. The highest BCUT2D eigenvalue weighted by Gasteiger charge is 2.29. The number of fused-ring (bicyclic) bond motifs is 1. The average molecular weight is 365 g/mol. The maximum Gasteiger partial charge on any atom is 0.226 e. The molecule has 3 heterocycles. The van der Waals surface area contributed by atoms with Crippen molar-refractivity contribution in [2.45, 2.75) is 26.3 Å². The van der Waals surface area contributed by atoms with Crippen LogP contribution in [0.2, 0.25) is 0 Å². The normalized spacial score (nSPS) is 20.5. The Morgan fingerprint density at radius 1 is 1.15 bits per heavy atom. The molecule has 0 spiro atoms. The van der Waals surface area contributed by atoms with Gasteiger partial charge >= 0.3 is 0 Å². The molecule has 2 aliphatic heterocycles. The van der Waals surface area contributed by atoms with Gasteiger partial charge in [-0.15, -0.1) is 0 Å². The Kier molecular flexibility index (Phi) is 5.39. The molecule has 0 N–H and O–H groups in total. The number of carbonyl (C=O) groups excluding carboxylic acids is 1. The Morgan fingerprint density at radius 2 is 1.96 bits per heavy atom. The van der Waals surface area contributed by atoms with E-state index in [0.29, 0.717) is 6.61 Å². The molecule has 0 bridgehead atoms. The number of para-hydroxylation sites is 1. The van der Waals surface area contributed by atoms with Crippen LogP contribution in [0.1, 0.15) is 23.2 Å². The topological polar surface area (TPSA) is 45.7 Å². The third-order valence-corrected chi connectivity index (χ3v) is 5.69. The van der Waals surface area contributed by atoms with Crippen molar-refractivity contribution in [1.82, 2.24) is 14.8 Å². The van der Waals surface area contributed by atoms with Gasteiger partial charge in [0.15, 0.2) is 0 Å². The van der Waals surface area contributed by atoms with Crippen molar-refractivity contribution in [2.75, 3.05) is 32.8 Å². The number of piperazine rings is 1. The van der Waals surface area contributed by atoms with Gasteiger partial charge in [-0.25, -0.2) is 0 Å². The highest BCUT2D eigenvalue weighted by atomic mass is 16.5. The monoisotopic (exact) mass is 365 g/mol. The minimum atomic E-state index is 0.0261. The molecule has 5 nitrogen and oxygen atoms in total. The van der Waals surface area contributed by atoms with Crippen LogP contribution in [0.3, 0.4) is 0 Å². The lowest BCUT2D eigenvalue weighted by Gasteiger charge is -2.36. The van der Waals surface area contributed by atoms with Gasteiger partial charge in [-0.3, -0.25) is 14.7 Å². The van der Waals surface area contributed by atoms with Gasteiger partial charge in [0.25, 0.3) is 0 Å². The summed E-state index contributed by atoms with van der Waals surface area (Å²) in [6.45, 7) is 6.98. The second-order valence-corrected chi connectivity index (χ2v) is 7.51. The van der Waals surface area contributed by atoms with E-state index in [0.717, 1.165) is 62.6 Å². The highest BCUT2D eigenvalue weighted by Crippen LogP contribution is 2.28. The van der Waals surface area contributed by atoms with E-state index in [4.69, 9.17) is 4.74 Å².